The van der Waals surface area contributed by atoms with Crippen molar-refractivity contribution in [2.24, 2.45) is 0 Å². The third-order valence-corrected chi connectivity index (χ3v) is 8.76. The van der Waals surface area contributed by atoms with Crippen LogP contribution in [0.4, 0.5) is 0 Å². The second kappa shape index (κ2) is 6.81. The fourth-order valence-electron chi connectivity index (χ4n) is 3.36. The van der Waals surface area contributed by atoms with E-state index in [1.165, 1.54) is 22.7 Å². The van der Waals surface area contributed by atoms with E-state index in [0.717, 1.165) is 29.5 Å². The molecule has 0 saturated heterocycles. The molecule has 6 rings (SSSR count). The summed E-state index contributed by atoms with van der Waals surface area (Å²) in [5, 5.41) is 11.5. The van der Waals surface area contributed by atoms with Gasteiger partial charge in [0.05, 0.1) is 42.0 Å². The molecule has 0 bridgehead atoms. The van der Waals surface area contributed by atoms with Gasteiger partial charge >= 0.3 is 0 Å². The molecule has 0 unspecified atom stereocenters. The molecular formula is C20H10N4O2S4. The highest BCUT2D eigenvalue weighted by Gasteiger charge is 2.42. The molecule has 0 aromatic carbocycles. The van der Waals surface area contributed by atoms with Crippen molar-refractivity contribution in [3.63, 3.8) is 0 Å². The second-order valence-corrected chi connectivity index (χ2v) is 10.4. The Hall–Kier alpha value is -2.92. The smallest absolute Gasteiger partial charge is 0.258 e. The summed E-state index contributed by atoms with van der Waals surface area (Å²) in [5.74, 6) is -0.573. The van der Waals surface area contributed by atoms with Crippen molar-refractivity contribution < 1.29 is 9.59 Å². The topological polar surface area (TPSA) is 84.0 Å². The van der Waals surface area contributed by atoms with Gasteiger partial charge in [0.25, 0.3) is 11.8 Å². The van der Waals surface area contributed by atoms with Crippen LogP contribution in [0.15, 0.2) is 58.6 Å². The number of rotatable bonds is 4. The van der Waals surface area contributed by atoms with Gasteiger partial charge in [-0.25, -0.2) is 9.97 Å². The standard InChI is InChI=1S/C20H10N4O2S4/c25-17-13-14(16(24-17)12-8-22-20(30-12)10-4-2-6-28-10)18(26)23-15(13)11-7-21-19(29-11)9-3-1-5-27-9/h1-8H,(H,23,26)(H,24,25). The van der Waals surface area contributed by atoms with Gasteiger partial charge in [-0.2, -0.15) is 0 Å². The molecule has 0 saturated carbocycles. The summed E-state index contributed by atoms with van der Waals surface area (Å²) in [6.45, 7) is 0. The van der Waals surface area contributed by atoms with Crippen molar-refractivity contribution in [1.29, 1.82) is 0 Å². The molecule has 0 radical (unpaired) electrons. The lowest BCUT2D eigenvalue weighted by molar-refractivity contribution is -0.117. The van der Waals surface area contributed by atoms with Gasteiger partial charge in [0.15, 0.2) is 0 Å². The first-order valence-electron chi connectivity index (χ1n) is 8.81. The fraction of sp³-hybridized carbons (Fsp3) is 0. The van der Waals surface area contributed by atoms with Crippen LogP contribution in [-0.2, 0) is 9.59 Å². The van der Waals surface area contributed by atoms with Crippen molar-refractivity contribution >= 4 is 68.6 Å². The maximum Gasteiger partial charge on any atom is 0.258 e. The summed E-state index contributed by atoms with van der Waals surface area (Å²) in [6, 6.07) is 7.94. The van der Waals surface area contributed by atoms with Gasteiger partial charge in [0, 0.05) is 12.4 Å². The number of hydrogen-bond acceptors (Lipinski definition) is 8. The van der Waals surface area contributed by atoms with Crippen molar-refractivity contribution in [3.8, 4) is 19.8 Å². The quantitative estimate of drug-likeness (QED) is 0.466. The summed E-state index contributed by atoms with van der Waals surface area (Å²) < 4.78 is 0. The average molecular weight is 467 g/mol. The summed E-state index contributed by atoms with van der Waals surface area (Å²) in [6.07, 6.45) is 3.41. The molecule has 2 aliphatic heterocycles. The number of thiazole rings is 2. The molecule has 0 spiro atoms. The highest BCUT2D eigenvalue weighted by atomic mass is 32.1. The molecule has 10 heteroatoms. The predicted molar refractivity (Wildman–Crippen MR) is 121 cm³/mol. The molecule has 30 heavy (non-hydrogen) atoms. The van der Waals surface area contributed by atoms with Crippen LogP contribution in [-0.4, -0.2) is 21.8 Å². The number of nitrogens with zero attached hydrogens (tertiary/aromatic N) is 2. The van der Waals surface area contributed by atoms with Crippen molar-refractivity contribution in [3.05, 3.63) is 68.3 Å². The van der Waals surface area contributed by atoms with E-state index in [1.807, 2.05) is 35.0 Å². The highest BCUT2D eigenvalue weighted by molar-refractivity contribution is 7.22. The van der Waals surface area contributed by atoms with E-state index in [2.05, 4.69) is 20.6 Å². The Labute approximate surface area is 186 Å². The third-order valence-electron chi connectivity index (χ3n) is 4.65. The van der Waals surface area contributed by atoms with Crippen LogP contribution in [0, 0.1) is 0 Å². The van der Waals surface area contributed by atoms with Gasteiger partial charge in [-0.1, -0.05) is 12.1 Å². The van der Waals surface area contributed by atoms with Crippen LogP contribution in [0.1, 0.15) is 9.75 Å². The SMILES string of the molecule is O=C1NC(c2cnc(-c3cccs3)s2)=C2C(=O)NC(c3cnc(-c4cccs4)s3)=C12. The fourth-order valence-corrected chi connectivity index (χ4v) is 6.81. The molecule has 6 heterocycles. The van der Waals surface area contributed by atoms with Gasteiger partial charge in [0.1, 0.15) is 10.0 Å². The molecule has 0 aliphatic carbocycles. The normalized spacial score (nSPS) is 15.7. The first-order valence-corrected chi connectivity index (χ1v) is 12.2. The molecule has 2 amide bonds. The van der Waals surface area contributed by atoms with E-state index in [-0.39, 0.29) is 11.8 Å². The number of aromatic nitrogens is 2. The van der Waals surface area contributed by atoms with Crippen LogP contribution in [0.2, 0.25) is 0 Å². The molecule has 2 aliphatic rings. The van der Waals surface area contributed by atoms with E-state index in [0.29, 0.717) is 22.5 Å². The van der Waals surface area contributed by atoms with Gasteiger partial charge < -0.3 is 10.6 Å². The monoisotopic (exact) mass is 466 g/mol. The van der Waals surface area contributed by atoms with Crippen LogP contribution < -0.4 is 10.6 Å². The van der Waals surface area contributed by atoms with Gasteiger partial charge in [-0.15, -0.1) is 45.3 Å². The van der Waals surface area contributed by atoms with Crippen molar-refractivity contribution in [2.75, 3.05) is 0 Å². The van der Waals surface area contributed by atoms with Crippen LogP contribution >= 0.6 is 45.3 Å². The first-order chi connectivity index (χ1) is 14.7. The maximum absolute atomic E-state index is 12.8. The maximum atomic E-state index is 12.8. The Balaban J connectivity index is 1.43. The molecule has 146 valence electrons. The molecular weight excluding hydrogens is 457 g/mol. The minimum absolute atomic E-state index is 0.287. The average Bonchev–Trinajstić information content (AvgIpc) is 3.54. The number of nitrogens with one attached hydrogen (secondary N) is 2. The molecule has 0 fully saturated rings. The molecule has 0 atom stereocenters. The highest BCUT2D eigenvalue weighted by Crippen LogP contribution is 2.42. The predicted octanol–water partition coefficient (Wildman–Crippen LogP) is 4.44. The summed E-state index contributed by atoms with van der Waals surface area (Å²) in [5.41, 5.74) is 1.79. The first kappa shape index (κ1) is 17.9. The Morgan fingerprint density at radius 2 is 1.13 bits per heavy atom. The lowest BCUT2D eigenvalue weighted by atomic mass is 10.1. The van der Waals surface area contributed by atoms with Crippen LogP contribution in [0.3, 0.4) is 0 Å². The number of thiophene rings is 2. The zero-order chi connectivity index (χ0) is 20.2. The van der Waals surface area contributed by atoms with E-state index in [9.17, 15) is 9.59 Å². The largest absolute Gasteiger partial charge is 0.320 e. The lowest BCUT2D eigenvalue weighted by Gasteiger charge is -2.03. The van der Waals surface area contributed by atoms with Gasteiger partial charge in [0.2, 0.25) is 0 Å². The number of hydrogen-bond donors (Lipinski definition) is 2. The van der Waals surface area contributed by atoms with E-state index in [1.54, 1.807) is 35.1 Å². The Morgan fingerprint density at radius 3 is 1.53 bits per heavy atom. The molecule has 4 aromatic heterocycles. The van der Waals surface area contributed by atoms with Crippen molar-refractivity contribution in [1.82, 2.24) is 20.6 Å². The zero-order valence-corrected chi connectivity index (χ0v) is 18.2. The zero-order valence-electron chi connectivity index (χ0n) is 15.0. The summed E-state index contributed by atoms with van der Waals surface area (Å²) >= 11 is 6.12. The minimum atomic E-state index is -0.287. The lowest BCUT2D eigenvalue weighted by Crippen LogP contribution is -2.20. The summed E-state index contributed by atoms with van der Waals surface area (Å²) in [4.78, 5) is 38.2. The number of amides is 2. The third kappa shape index (κ3) is 2.72. The van der Waals surface area contributed by atoms with Crippen LogP contribution in [0.25, 0.3) is 31.2 Å². The Kier molecular flexibility index (Phi) is 4.06. The van der Waals surface area contributed by atoms with E-state index in [4.69, 9.17) is 0 Å². The molecule has 4 aromatic rings. The Morgan fingerprint density at radius 1 is 0.667 bits per heavy atom. The molecule has 6 nitrogen and oxygen atoms in total. The number of carbonyl (C=O) groups is 2. The van der Waals surface area contributed by atoms with Crippen molar-refractivity contribution in [2.45, 2.75) is 0 Å². The van der Waals surface area contributed by atoms with Gasteiger partial charge in [-0.05, 0) is 22.9 Å². The van der Waals surface area contributed by atoms with E-state index >= 15 is 0 Å². The molecule has 2 N–H and O–H groups in total. The van der Waals surface area contributed by atoms with Crippen LogP contribution in [0.5, 0.6) is 0 Å². The number of fused-ring (bicyclic) bond motifs is 1. The Bertz CT molecular complexity index is 1270. The minimum Gasteiger partial charge on any atom is -0.320 e. The second-order valence-electron chi connectivity index (χ2n) is 6.42. The van der Waals surface area contributed by atoms with Gasteiger partial charge in [-0.3, -0.25) is 9.59 Å². The number of carbonyl (C=O) groups excluding carboxylic acids is 2. The van der Waals surface area contributed by atoms with E-state index < -0.39 is 0 Å². The summed E-state index contributed by atoms with van der Waals surface area (Å²) in [7, 11) is 0.